The van der Waals surface area contributed by atoms with Crippen LogP contribution >= 0.6 is 0 Å². The van der Waals surface area contributed by atoms with E-state index < -0.39 is 18.4 Å². The molecule has 7 heteroatoms. The van der Waals surface area contributed by atoms with Crippen LogP contribution in [0.3, 0.4) is 0 Å². The summed E-state index contributed by atoms with van der Waals surface area (Å²) in [6, 6.07) is 2.61. The molecule has 1 aromatic rings. The van der Waals surface area contributed by atoms with Gasteiger partial charge in [-0.15, -0.1) is 0 Å². The van der Waals surface area contributed by atoms with Crippen molar-refractivity contribution in [2.75, 3.05) is 12.3 Å². The molecule has 3 N–H and O–H groups in total. The monoisotopic (exact) mass is 250 g/mol. The fourth-order valence-corrected chi connectivity index (χ4v) is 1.21. The second-order valence-electron chi connectivity index (χ2n) is 4.05. The van der Waals surface area contributed by atoms with E-state index in [-0.39, 0.29) is 11.7 Å². The number of halogens is 3. The van der Waals surface area contributed by atoms with E-state index in [4.69, 9.17) is 5.73 Å². The van der Waals surface area contributed by atoms with E-state index in [9.17, 15) is 18.3 Å². The third kappa shape index (κ3) is 4.10. The van der Waals surface area contributed by atoms with Crippen LogP contribution < -0.4 is 10.5 Å². The van der Waals surface area contributed by atoms with Crippen molar-refractivity contribution >= 4 is 5.82 Å². The number of nitrogen functional groups attached to an aromatic ring is 1. The Balaban J connectivity index is 2.83. The maximum Gasteiger partial charge on any atom is 0.422 e. The first-order valence-corrected chi connectivity index (χ1v) is 4.78. The van der Waals surface area contributed by atoms with Crippen LogP contribution in [-0.2, 0) is 5.60 Å². The van der Waals surface area contributed by atoms with E-state index in [1.54, 1.807) is 0 Å². The SMILES string of the molecule is CC(C)(O)c1ccc(OCC(F)(F)F)nc1N. The third-order valence-corrected chi connectivity index (χ3v) is 1.94. The summed E-state index contributed by atoms with van der Waals surface area (Å²) in [7, 11) is 0. The number of aromatic nitrogens is 1. The summed E-state index contributed by atoms with van der Waals surface area (Å²) in [5.41, 5.74) is 4.64. The molecule has 0 aliphatic heterocycles. The molecule has 0 bridgehead atoms. The Morgan fingerprint density at radius 3 is 2.35 bits per heavy atom. The second kappa shape index (κ2) is 4.40. The lowest BCUT2D eigenvalue weighted by molar-refractivity contribution is -0.154. The largest absolute Gasteiger partial charge is 0.468 e. The number of hydrogen-bond donors (Lipinski definition) is 2. The summed E-state index contributed by atoms with van der Waals surface area (Å²) >= 11 is 0. The molecule has 0 spiro atoms. The number of rotatable bonds is 3. The van der Waals surface area contributed by atoms with Crippen molar-refractivity contribution < 1.29 is 23.0 Å². The lowest BCUT2D eigenvalue weighted by atomic mass is 9.99. The van der Waals surface area contributed by atoms with Gasteiger partial charge in [-0.3, -0.25) is 0 Å². The number of aliphatic hydroxyl groups is 1. The second-order valence-corrected chi connectivity index (χ2v) is 4.05. The van der Waals surface area contributed by atoms with Crippen LogP contribution in [0.1, 0.15) is 19.4 Å². The summed E-state index contributed by atoms with van der Waals surface area (Å²) in [6.45, 7) is 1.56. The first-order valence-electron chi connectivity index (χ1n) is 4.78. The van der Waals surface area contributed by atoms with Gasteiger partial charge >= 0.3 is 6.18 Å². The van der Waals surface area contributed by atoms with E-state index in [1.165, 1.54) is 26.0 Å². The molecule has 0 saturated heterocycles. The number of nitrogens with two attached hydrogens (primary N) is 1. The van der Waals surface area contributed by atoms with Gasteiger partial charge in [0.1, 0.15) is 5.82 Å². The number of pyridine rings is 1. The maximum absolute atomic E-state index is 11.9. The molecule has 0 aromatic carbocycles. The maximum atomic E-state index is 11.9. The fraction of sp³-hybridized carbons (Fsp3) is 0.500. The Bertz CT molecular complexity index is 400. The molecule has 0 fully saturated rings. The lowest BCUT2D eigenvalue weighted by Crippen LogP contribution is -2.21. The minimum Gasteiger partial charge on any atom is -0.468 e. The summed E-state index contributed by atoms with van der Waals surface area (Å²) in [4.78, 5) is 3.64. The minimum absolute atomic E-state index is 0.0582. The van der Waals surface area contributed by atoms with Crippen molar-refractivity contribution in [1.82, 2.24) is 4.98 Å². The number of anilines is 1. The molecule has 0 radical (unpaired) electrons. The normalized spacial score (nSPS) is 12.6. The zero-order valence-electron chi connectivity index (χ0n) is 9.38. The van der Waals surface area contributed by atoms with Gasteiger partial charge in [0.25, 0.3) is 0 Å². The Kier molecular flexibility index (Phi) is 3.51. The van der Waals surface area contributed by atoms with E-state index in [2.05, 4.69) is 9.72 Å². The number of ether oxygens (including phenoxy) is 1. The minimum atomic E-state index is -4.43. The van der Waals surface area contributed by atoms with Gasteiger partial charge in [0.15, 0.2) is 6.61 Å². The van der Waals surface area contributed by atoms with Crippen molar-refractivity contribution in [3.63, 3.8) is 0 Å². The van der Waals surface area contributed by atoms with Crippen molar-refractivity contribution in [3.05, 3.63) is 17.7 Å². The van der Waals surface area contributed by atoms with Crippen LogP contribution in [0.5, 0.6) is 5.88 Å². The standard InChI is InChI=1S/C10H13F3N2O2/c1-9(2,16)6-3-4-7(15-8(6)14)17-5-10(11,12)13/h3-4,16H,5H2,1-2H3,(H2,14,15). The first-order chi connectivity index (χ1) is 7.59. The van der Waals surface area contributed by atoms with Crippen LogP contribution in [0.4, 0.5) is 19.0 Å². The third-order valence-electron chi connectivity index (χ3n) is 1.94. The Hall–Kier alpha value is -1.50. The van der Waals surface area contributed by atoms with Gasteiger partial charge < -0.3 is 15.6 Å². The van der Waals surface area contributed by atoms with Crippen LogP contribution in [0.15, 0.2) is 12.1 Å². The van der Waals surface area contributed by atoms with E-state index >= 15 is 0 Å². The highest BCUT2D eigenvalue weighted by molar-refractivity contribution is 5.44. The zero-order chi connectivity index (χ0) is 13.3. The molecule has 96 valence electrons. The molecule has 4 nitrogen and oxygen atoms in total. The van der Waals surface area contributed by atoms with Gasteiger partial charge in [-0.1, -0.05) is 0 Å². The highest BCUT2D eigenvalue weighted by Gasteiger charge is 2.29. The van der Waals surface area contributed by atoms with Crippen LogP contribution in [-0.4, -0.2) is 22.9 Å². The Morgan fingerprint density at radius 1 is 1.35 bits per heavy atom. The van der Waals surface area contributed by atoms with Crippen LogP contribution in [0.25, 0.3) is 0 Å². The lowest BCUT2D eigenvalue weighted by Gasteiger charge is -2.19. The molecule has 1 rings (SSSR count). The van der Waals surface area contributed by atoms with Crippen molar-refractivity contribution in [2.45, 2.75) is 25.6 Å². The van der Waals surface area contributed by atoms with Crippen molar-refractivity contribution in [1.29, 1.82) is 0 Å². The number of nitrogens with zero attached hydrogens (tertiary/aromatic N) is 1. The molecule has 17 heavy (non-hydrogen) atoms. The average molecular weight is 250 g/mol. The van der Waals surface area contributed by atoms with Crippen LogP contribution in [0, 0.1) is 0 Å². The molecular weight excluding hydrogens is 237 g/mol. The van der Waals surface area contributed by atoms with Gasteiger partial charge in [0.2, 0.25) is 5.88 Å². The van der Waals surface area contributed by atoms with Gasteiger partial charge in [-0.25, -0.2) is 0 Å². The summed E-state index contributed by atoms with van der Waals surface area (Å²) < 4.78 is 40.1. The Labute approximate surface area is 96.2 Å². The predicted octanol–water partition coefficient (Wildman–Crippen LogP) is 1.83. The Morgan fingerprint density at radius 2 is 1.94 bits per heavy atom. The molecule has 0 atom stereocenters. The highest BCUT2D eigenvalue weighted by atomic mass is 19.4. The average Bonchev–Trinajstić information content (AvgIpc) is 2.11. The van der Waals surface area contributed by atoms with E-state index in [0.717, 1.165) is 0 Å². The first kappa shape index (κ1) is 13.6. The molecule has 0 aliphatic rings. The molecule has 1 heterocycles. The van der Waals surface area contributed by atoms with Gasteiger partial charge in [0.05, 0.1) is 5.60 Å². The van der Waals surface area contributed by atoms with E-state index in [1.807, 2.05) is 0 Å². The molecule has 1 aromatic heterocycles. The topological polar surface area (TPSA) is 68.4 Å². The van der Waals surface area contributed by atoms with Crippen molar-refractivity contribution in [2.24, 2.45) is 0 Å². The fourth-order valence-electron chi connectivity index (χ4n) is 1.21. The van der Waals surface area contributed by atoms with E-state index in [0.29, 0.717) is 5.56 Å². The smallest absolute Gasteiger partial charge is 0.422 e. The molecular formula is C10H13F3N2O2. The number of hydrogen-bond acceptors (Lipinski definition) is 4. The van der Waals surface area contributed by atoms with Crippen LogP contribution in [0.2, 0.25) is 0 Å². The van der Waals surface area contributed by atoms with Gasteiger partial charge in [0, 0.05) is 11.6 Å². The number of alkyl halides is 3. The summed E-state index contributed by atoms with van der Waals surface area (Å²) in [5.74, 6) is -0.287. The van der Waals surface area contributed by atoms with Crippen molar-refractivity contribution in [3.8, 4) is 5.88 Å². The predicted molar refractivity (Wildman–Crippen MR) is 55.4 cm³/mol. The molecule has 0 amide bonds. The zero-order valence-corrected chi connectivity index (χ0v) is 9.38. The van der Waals surface area contributed by atoms with Gasteiger partial charge in [-0.05, 0) is 19.9 Å². The summed E-state index contributed by atoms with van der Waals surface area (Å²) in [6.07, 6.45) is -4.43. The summed E-state index contributed by atoms with van der Waals surface area (Å²) in [5, 5.41) is 9.68. The molecule has 0 saturated carbocycles. The molecule has 0 unspecified atom stereocenters. The molecule has 0 aliphatic carbocycles. The highest BCUT2D eigenvalue weighted by Crippen LogP contribution is 2.26. The van der Waals surface area contributed by atoms with Gasteiger partial charge in [-0.2, -0.15) is 18.2 Å². The quantitative estimate of drug-likeness (QED) is 0.858.